The normalized spacial score (nSPS) is 14.8. The van der Waals surface area contributed by atoms with Gasteiger partial charge in [0, 0.05) is 25.7 Å². The summed E-state index contributed by atoms with van der Waals surface area (Å²) < 4.78 is 0. The smallest absolute Gasteiger partial charge is 0.312 e. The Labute approximate surface area is 90.0 Å². The van der Waals surface area contributed by atoms with Gasteiger partial charge in [-0.25, -0.2) is 0 Å². The highest BCUT2D eigenvalue weighted by atomic mass is 16.2. The minimum atomic E-state index is -0.527. The van der Waals surface area contributed by atoms with Crippen molar-refractivity contribution >= 4 is 11.8 Å². The third-order valence-electron chi connectivity index (χ3n) is 2.34. The quantitative estimate of drug-likeness (QED) is 0.602. The maximum atomic E-state index is 11.7. The van der Waals surface area contributed by atoms with Crippen molar-refractivity contribution in [1.82, 2.24) is 10.2 Å². The SMILES string of the molecule is CCCN(C(=O)C(=O)NCCN)C1CC1. The molecule has 0 heterocycles. The van der Waals surface area contributed by atoms with Gasteiger partial charge in [0.1, 0.15) is 0 Å². The lowest BCUT2D eigenvalue weighted by atomic mass is 10.3. The third-order valence-corrected chi connectivity index (χ3v) is 2.34. The van der Waals surface area contributed by atoms with Crippen molar-refractivity contribution in [3.05, 3.63) is 0 Å². The standard InChI is InChI=1S/C10H19N3O2/c1-2-7-13(8-3-4-8)10(15)9(14)12-6-5-11/h8H,2-7,11H2,1H3,(H,12,14). The molecule has 0 aromatic rings. The summed E-state index contributed by atoms with van der Waals surface area (Å²) in [7, 11) is 0. The van der Waals surface area contributed by atoms with Crippen LogP contribution in [-0.4, -0.2) is 42.4 Å². The summed E-state index contributed by atoms with van der Waals surface area (Å²) in [6, 6.07) is 0.293. The van der Waals surface area contributed by atoms with E-state index in [1.54, 1.807) is 4.90 Å². The minimum Gasteiger partial charge on any atom is -0.347 e. The van der Waals surface area contributed by atoms with Crippen molar-refractivity contribution in [1.29, 1.82) is 0 Å². The van der Waals surface area contributed by atoms with E-state index in [1.807, 2.05) is 6.92 Å². The van der Waals surface area contributed by atoms with Gasteiger partial charge in [-0.3, -0.25) is 9.59 Å². The van der Waals surface area contributed by atoms with Gasteiger partial charge in [0.15, 0.2) is 0 Å². The van der Waals surface area contributed by atoms with Gasteiger partial charge in [-0.1, -0.05) is 6.92 Å². The number of amides is 2. The molecule has 0 aromatic carbocycles. The monoisotopic (exact) mass is 213 g/mol. The van der Waals surface area contributed by atoms with Crippen molar-refractivity contribution in [3.63, 3.8) is 0 Å². The largest absolute Gasteiger partial charge is 0.347 e. The van der Waals surface area contributed by atoms with Crippen molar-refractivity contribution in [2.24, 2.45) is 5.73 Å². The molecule has 0 aromatic heterocycles. The van der Waals surface area contributed by atoms with Gasteiger partial charge in [0.2, 0.25) is 0 Å². The lowest BCUT2D eigenvalue weighted by Gasteiger charge is -2.20. The maximum absolute atomic E-state index is 11.7. The number of nitrogens with zero attached hydrogens (tertiary/aromatic N) is 1. The summed E-state index contributed by atoms with van der Waals surface area (Å²) in [5.74, 6) is -0.936. The van der Waals surface area contributed by atoms with Crippen LogP contribution in [-0.2, 0) is 9.59 Å². The molecule has 0 bridgehead atoms. The highest BCUT2D eigenvalue weighted by molar-refractivity contribution is 6.35. The number of carbonyl (C=O) groups excluding carboxylic acids is 2. The molecule has 0 radical (unpaired) electrons. The van der Waals surface area contributed by atoms with Gasteiger partial charge < -0.3 is 16.0 Å². The fourth-order valence-electron chi connectivity index (χ4n) is 1.47. The Balaban J connectivity index is 2.43. The van der Waals surface area contributed by atoms with Gasteiger partial charge in [0.25, 0.3) is 0 Å². The fourth-order valence-corrected chi connectivity index (χ4v) is 1.47. The number of nitrogens with two attached hydrogens (primary N) is 1. The number of nitrogens with one attached hydrogen (secondary N) is 1. The van der Waals surface area contributed by atoms with E-state index in [0.717, 1.165) is 19.3 Å². The second-order valence-corrected chi connectivity index (χ2v) is 3.77. The predicted molar refractivity (Wildman–Crippen MR) is 57.1 cm³/mol. The number of rotatable bonds is 5. The summed E-state index contributed by atoms with van der Waals surface area (Å²) in [5, 5.41) is 2.50. The molecular formula is C10H19N3O2. The van der Waals surface area contributed by atoms with Crippen LogP contribution in [0.5, 0.6) is 0 Å². The lowest BCUT2D eigenvalue weighted by molar-refractivity contribution is -0.146. The Hall–Kier alpha value is -1.10. The zero-order valence-corrected chi connectivity index (χ0v) is 9.16. The second kappa shape index (κ2) is 5.70. The minimum absolute atomic E-state index is 0.293. The van der Waals surface area contributed by atoms with E-state index in [2.05, 4.69) is 5.32 Å². The Bertz CT molecular complexity index is 239. The molecule has 5 heteroatoms. The first-order valence-electron chi connectivity index (χ1n) is 5.49. The first-order chi connectivity index (χ1) is 7.20. The van der Waals surface area contributed by atoms with E-state index < -0.39 is 11.8 Å². The van der Waals surface area contributed by atoms with Gasteiger partial charge in [-0.2, -0.15) is 0 Å². The highest BCUT2D eigenvalue weighted by Crippen LogP contribution is 2.26. The van der Waals surface area contributed by atoms with E-state index in [-0.39, 0.29) is 0 Å². The second-order valence-electron chi connectivity index (χ2n) is 3.77. The first kappa shape index (κ1) is 12.0. The maximum Gasteiger partial charge on any atom is 0.312 e. The number of hydrogen-bond donors (Lipinski definition) is 2. The molecule has 0 unspecified atom stereocenters. The molecule has 1 aliphatic rings. The average Bonchev–Trinajstić information content (AvgIpc) is 3.05. The summed E-state index contributed by atoms with van der Waals surface area (Å²) >= 11 is 0. The van der Waals surface area contributed by atoms with Crippen molar-refractivity contribution in [2.75, 3.05) is 19.6 Å². The Kier molecular flexibility index (Phi) is 4.55. The topological polar surface area (TPSA) is 75.4 Å². The van der Waals surface area contributed by atoms with Gasteiger partial charge >= 0.3 is 11.8 Å². The Morgan fingerprint density at radius 3 is 2.60 bits per heavy atom. The van der Waals surface area contributed by atoms with Crippen molar-refractivity contribution < 1.29 is 9.59 Å². The molecule has 5 nitrogen and oxygen atoms in total. The average molecular weight is 213 g/mol. The van der Waals surface area contributed by atoms with Crippen LogP contribution in [0.15, 0.2) is 0 Å². The Morgan fingerprint density at radius 1 is 1.47 bits per heavy atom. The molecule has 0 spiro atoms. The first-order valence-corrected chi connectivity index (χ1v) is 5.49. The molecule has 1 rings (SSSR count). The summed E-state index contributed by atoms with van der Waals surface area (Å²) in [4.78, 5) is 24.8. The van der Waals surface area contributed by atoms with Crippen LogP contribution in [0.3, 0.4) is 0 Å². The number of hydrogen-bond acceptors (Lipinski definition) is 3. The van der Waals surface area contributed by atoms with Crippen molar-refractivity contribution in [2.45, 2.75) is 32.2 Å². The van der Waals surface area contributed by atoms with Crippen LogP contribution in [0.25, 0.3) is 0 Å². The van der Waals surface area contributed by atoms with Gasteiger partial charge in [-0.05, 0) is 19.3 Å². The van der Waals surface area contributed by atoms with Crippen LogP contribution in [0, 0.1) is 0 Å². The van der Waals surface area contributed by atoms with E-state index in [0.29, 0.717) is 25.7 Å². The van der Waals surface area contributed by atoms with E-state index in [9.17, 15) is 9.59 Å². The zero-order chi connectivity index (χ0) is 11.3. The van der Waals surface area contributed by atoms with Crippen LogP contribution >= 0.6 is 0 Å². The van der Waals surface area contributed by atoms with Crippen LogP contribution < -0.4 is 11.1 Å². The lowest BCUT2D eigenvalue weighted by Crippen LogP contribution is -2.45. The van der Waals surface area contributed by atoms with Gasteiger partial charge in [0.05, 0.1) is 0 Å². The summed E-state index contributed by atoms with van der Waals surface area (Å²) in [6.07, 6.45) is 2.93. The van der Waals surface area contributed by atoms with E-state index in [1.165, 1.54) is 0 Å². The van der Waals surface area contributed by atoms with Crippen LogP contribution in [0.4, 0.5) is 0 Å². The molecule has 0 atom stereocenters. The summed E-state index contributed by atoms with van der Waals surface area (Å²) in [6.45, 7) is 3.38. The van der Waals surface area contributed by atoms with E-state index in [4.69, 9.17) is 5.73 Å². The Morgan fingerprint density at radius 2 is 2.13 bits per heavy atom. The molecule has 15 heavy (non-hydrogen) atoms. The molecule has 1 aliphatic carbocycles. The molecule has 3 N–H and O–H groups in total. The van der Waals surface area contributed by atoms with Crippen molar-refractivity contribution in [3.8, 4) is 0 Å². The summed E-state index contributed by atoms with van der Waals surface area (Å²) in [5.41, 5.74) is 5.24. The fraction of sp³-hybridized carbons (Fsp3) is 0.800. The zero-order valence-electron chi connectivity index (χ0n) is 9.16. The van der Waals surface area contributed by atoms with Gasteiger partial charge in [-0.15, -0.1) is 0 Å². The van der Waals surface area contributed by atoms with E-state index >= 15 is 0 Å². The molecule has 1 saturated carbocycles. The highest BCUT2D eigenvalue weighted by Gasteiger charge is 2.34. The molecular weight excluding hydrogens is 194 g/mol. The predicted octanol–water partition coefficient (Wildman–Crippen LogP) is -0.538. The molecule has 1 fully saturated rings. The molecule has 0 aliphatic heterocycles. The molecule has 2 amide bonds. The molecule has 86 valence electrons. The number of carbonyl (C=O) groups is 2. The van der Waals surface area contributed by atoms with Crippen LogP contribution in [0.2, 0.25) is 0 Å². The molecule has 0 saturated heterocycles. The van der Waals surface area contributed by atoms with Crippen LogP contribution in [0.1, 0.15) is 26.2 Å². The third kappa shape index (κ3) is 3.51.